The van der Waals surface area contributed by atoms with Gasteiger partial charge in [-0.25, -0.2) is 4.98 Å². The molecule has 102 valence electrons. The number of H-pyrrole nitrogens is 1. The van der Waals surface area contributed by atoms with E-state index in [9.17, 15) is 0 Å². The number of anilines is 1. The third-order valence-corrected chi connectivity index (χ3v) is 3.99. The lowest BCUT2D eigenvalue weighted by atomic mass is 9.97. The molecule has 0 radical (unpaired) electrons. The number of nitrogen functional groups attached to an aromatic ring is 1. The first-order valence-corrected chi connectivity index (χ1v) is 7.41. The van der Waals surface area contributed by atoms with Crippen LogP contribution in [0, 0.1) is 0 Å². The second-order valence-electron chi connectivity index (χ2n) is 5.12. The Bertz CT molecular complexity index is 731. The highest BCUT2D eigenvalue weighted by molar-refractivity contribution is 9.10. The van der Waals surface area contributed by atoms with Gasteiger partial charge in [-0.2, -0.15) is 0 Å². The quantitative estimate of drug-likeness (QED) is 0.705. The molecular weight excluding hydrogens is 314 g/mol. The minimum absolute atomic E-state index is 0.402. The van der Waals surface area contributed by atoms with E-state index in [0.717, 1.165) is 33.4 Å². The number of aromatic nitrogens is 2. The molecule has 0 aliphatic heterocycles. The van der Waals surface area contributed by atoms with Crippen LogP contribution in [0.5, 0.6) is 0 Å². The molecule has 0 aliphatic carbocycles. The molecule has 3 rings (SSSR count). The number of imidazole rings is 1. The van der Waals surface area contributed by atoms with Crippen LogP contribution in [0.25, 0.3) is 11.0 Å². The van der Waals surface area contributed by atoms with Crippen molar-refractivity contribution in [2.75, 3.05) is 5.73 Å². The molecule has 0 spiro atoms. The van der Waals surface area contributed by atoms with E-state index in [0.29, 0.717) is 5.92 Å². The number of nitrogens with zero attached hydrogens (tertiary/aromatic N) is 1. The fraction of sp³-hybridized carbons (Fsp3) is 0.188. The summed E-state index contributed by atoms with van der Waals surface area (Å²) in [6.45, 7) is 2.20. The zero-order valence-electron chi connectivity index (χ0n) is 11.2. The molecule has 3 N–H and O–H groups in total. The van der Waals surface area contributed by atoms with Gasteiger partial charge >= 0.3 is 0 Å². The number of nitrogens with one attached hydrogen (secondary N) is 1. The van der Waals surface area contributed by atoms with Crippen molar-refractivity contribution in [2.45, 2.75) is 19.3 Å². The van der Waals surface area contributed by atoms with Crippen LogP contribution in [0.1, 0.15) is 24.2 Å². The number of fused-ring (bicyclic) bond motifs is 1. The van der Waals surface area contributed by atoms with Gasteiger partial charge in [0, 0.05) is 16.6 Å². The lowest BCUT2D eigenvalue weighted by Gasteiger charge is -2.10. The second kappa shape index (κ2) is 5.29. The molecule has 0 saturated carbocycles. The van der Waals surface area contributed by atoms with E-state index in [2.05, 4.69) is 51.0 Å². The van der Waals surface area contributed by atoms with E-state index in [-0.39, 0.29) is 0 Å². The van der Waals surface area contributed by atoms with Crippen molar-refractivity contribution >= 4 is 32.7 Å². The molecule has 0 aliphatic rings. The zero-order valence-corrected chi connectivity index (χ0v) is 12.8. The smallest absolute Gasteiger partial charge is 0.107 e. The Hall–Kier alpha value is -1.81. The SMILES string of the molecule is CC(Cc1nc2ccc(Br)cc2[nH]1)c1ccc(N)cc1. The molecular formula is C16H16BrN3. The van der Waals surface area contributed by atoms with Crippen LogP contribution in [-0.4, -0.2) is 9.97 Å². The fourth-order valence-corrected chi connectivity index (χ4v) is 2.72. The van der Waals surface area contributed by atoms with Crippen molar-refractivity contribution in [3.05, 3.63) is 58.3 Å². The molecule has 0 amide bonds. The van der Waals surface area contributed by atoms with Crippen LogP contribution in [0.15, 0.2) is 46.9 Å². The van der Waals surface area contributed by atoms with Crippen molar-refractivity contribution in [1.82, 2.24) is 9.97 Å². The number of hydrogen-bond acceptors (Lipinski definition) is 2. The Balaban J connectivity index is 1.83. The van der Waals surface area contributed by atoms with Gasteiger partial charge in [0.05, 0.1) is 11.0 Å². The number of halogens is 1. The summed E-state index contributed by atoms with van der Waals surface area (Å²) < 4.78 is 1.06. The summed E-state index contributed by atoms with van der Waals surface area (Å²) in [7, 11) is 0. The minimum Gasteiger partial charge on any atom is -0.399 e. The van der Waals surface area contributed by atoms with E-state index in [4.69, 9.17) is 5.73 Å². The molecule has 3 nitrogen and oxygen atoms in total. The first-order chi connectivity index (χ1) is 9.61. The molecule has 4 heteroatoms. The third-order valence-electron chi connectivity index (χ3n) is 3.50. The summed E-state index contributed by atoms with van der Waals surface area (Å²) in [5.74, 6) is 1.42. The number of hydrogen-bond donors (Lipinski definition) is 2. The Kier molecular flexibility index (Phi) is 3.49. The van der Waals surface area contributed by atoms with E-state index < -0.39 is 0 Å². The number of rotatable bonds is 3. The predicted molar refractivity (Wildman–Crippen MR) is 86.8 cm³/mol. The van der Waals surface area contributed by atoms with Gasteiger partial charge in [-0.3, -0.25) is 0 Å². The van der Waals surface area contributed by atoms with Crippen molar-refractivity contribution in [1.29, 1.82) is 0 Å². The molecule has 1 heterocycles. The Morgan fingerprint density at radius 3 is 2.70 bits per heavy atom. The van der Waals surface area contributed by atoms with E-state index in [1.165, 1.54) is 5.56 Å². The Labute approximate surface area is 126 Å². The first-order valence-electron chi connectivity index (χ1n) is 6.61. The average molecular weight is 330 g/mol. The van der Waals surface area contributed by atoms with Crippen molar-refractivity contribution in [3.63, 3.8) is 0 Å². The highest BCUT2D eigenvalue weighted by Gasteiger charge is 2.10. The van der Waals surface area contributed by atoms with Crippen LogP contribution in [0.4, 0.5) is 5.69 Å². The largest absolute Gasteiger partial charge is 0.399 e. The minimum atomic E-state index is 0.402. The van der Waals surface area contributed by atoms with Gasteiger partial charge in [-0.1, -0.05) is 35.0 Å². The summed E-state index contributed by atoms with van der Waals surface area (Å²) in [5, 5.41) is 0. The maximum absolute atomic E-state index is 5.72. The second-order valence-corrected chi connectivity index (χ2v) is 6.03. The Morgan fingerprint density at radius 2 is 1.95 bits per heavy atom. The van der Waals surface area contributed by atoms with Crippen molar-refractivity contribution in [3.8, 4) is 0 Å². The van der Waals surface area contributed by atoms with Gasteiger partial charge in [0.2, 0.25) is 0 Å². The topological polar surface area (TPSA) is 54.7 Å². The lowest BCUT2D eigenvalue weighted by Crippen LogP contribution is -2.00. The van der Waals surface area contributed by atoms with Crippen LogP contribution >= 0.6 is 15.9 Å². The molecule has 0 saturated heterocycles. The van der Waals surface area contributed by atoms with E-state index in [1.54, 1.807) is 0 Å². The molecule has 2 aromatic carbocycles. The van der Waals surface area contributed by atoms with Gasteiger partial charge < -0.3 is 10.7 Å². The van der Waals surface area contributed by atoms with Crippen LogP contribution < -0.4 is 5.73 Å². The van der Waals surface area contributed by atoms with Crippen LogP contribution in [0.2, 0.25) is 0 Å². The summed E-state index contributed by atoms with van der Waals surface area (Å²) in [4.78, 5) is 8.02. The summed E-state index contributed by atoms with van der Waals surface area (Å²) in [6.07, 6.45) is 0.885. The number of aromatic amines is 1. The lowest BCUT2D eigenvalue weighted by molar-refractivity contribution is 0.729. The van der Waals surface area contributed by atoms with E-state index in [1.807, 2.05) is 24.3 Å². The summed E-state index contributed by atoms with van der Waals surface area (Å²) >= 11 is 3.48. The molecule has 1 unspecified atom stereocenters. The molecule has 1 atom stereocenters. The van der Waals surface area contributed by atoms with E-state index >= 15 is 0 Å². The molecule has 1 aromatic heterocycles. The number of benzene rings is 2. The summed E-state index contributed by atoms with van der Waals surface area (Å²) in [5.41, 5.74) is 9.88. The maximum Gasteiger partial charge on any atom is 0.107 e. The summed E-state index contributed by atoms with van der Waals surface area (Å²) in [6, 6.07) is 14.1. The maximum atomic E-state index is 5.72. The highest BCUT2D eigenvalue weighted by Crippen LogP contribution is 2.23. The molecule has 20 heavy (non-hydrogen) atoms. The average Bonchev–Trinajstić information content (AvgIpc) is 2.80. The Morgan fingerprint density at radius 1 is 1.20 bits per heavy atom. The van der Waals surface area contributed by atoms with Gasteiger partial charge in [-0.05, 0) is 41.8 Å². The van der Waals surface area contributed by atoms with Crippen LogP contribution in [-0.2, 0) is 6.42 Å². The predicted octanol–water partition coefficient (Wildman–Crippen LogP) is 4.25. The number of nitrogens with two attached hydrogens (primary N) is 1. The van der Waals surface area contributed by atoms with Gasteiger partial charge in [0.25, 0.3) is 0 Å². The monoisotopic (exact) mass is 329 g/mol. The fourth-order valence-electron chi connectivity index (χ4n) is 2.36. The van der Waals surface area contributed by atoms with Crippen LogP contribution in [0.3, 0.4) is 0 Å². The third kappa shape index (κ3) is 2.70. The van der Waals surface area contributed by atoms with Crippen molar-refractivity contribution in [2.24, 2.45) is 0 Å². The van der Waals surface area contributed by atoms with Gasteiger partial charge in [0.1, 0.15) is 5.82 Å². The zero-order chi connectivity index (χ0) is 14.1. The molecule has 0 bridgehead atoms. The van der Waals surface area contributed by atoms with Gasteiger partial charge in [0.15, 0.2) is 0 Å². The normalized spacial score (nSPS) is 12.7. The highest BCUT2D eigenvalue weighted by atomic mass is 79.9. The molecule has 3 aromatic rings. The molecule has 0 fully saturated rings. The van der Waals surface area contributed by atoms with Crippen molar-refractivity contribution < 1.29 is 0 Å². The standard InChI is InChI=1S/C16H16BrN3/c1-10(11-2-5-13(18)6-3-11)8-16-19-14-7-4-12(17)9-15(14)20-16/h2-7,9-10H,8,18H2,1H3,(H,19,20). The van der Waals surface area contributed by atoms with Gasteiger partial charge in [-0.15, -0.1) is 0 Å². The first kappa shape index (κ1) is 13.2.